The number of benzene rings is 2. The zero-order chi connectivity index (χ0) is 24.2. The molecular weight excluding hydrogens is 444 g/mol. The normalized spacial score (nSPS) is 15.5. The number of aromatic nitrogens is 2. The Morgan fingerprint density at radius 3 is 2.60 bits per heavy atom. The molecule has 0 atom stereocenters. The van der Waals surface area contributed by atoms with Crippen LogP contribution < -0.4 is 14.4 Å². The summed E-state index contributed by atoms with van der Waals surface area (Å²) in [4.78, 5) is 26.9. The zero-order valence-electron chi connectivity index (χ0n) is 20.2. The molecule has 5 rings (SSSR count). The molecule has 0 saturated carbocycles. The van der Waals surface area contributed by atoms with Crippen LogP contribution in [0.15, 0.2) is 48.5 Å². The van der Waals surface area contributed by atoms with Crippen LogP contribution >= 0.6 is 0 Å². The number of carbonyl (C=O) groups excluding carboxylic acids is 1. The van der Waals surface area contributed by atoms with E-state index in [-0.39, 0.29) is 5.91 Å². The van der Waals surface area contributed by atoms with Gasteiger partial charge in [0.25, 0.3) is 0 Å². The second-order valence-electron chi connectivity index (χ2n) is 8.86. The smallest absolute Gasteiger partial charge is 0.229 e. The number of aryl methyl sites for hydroxylation is 1. The second kappa shape index (κ2) is 10.3. The topological polar surface area (TPSA) is 77.0 Å². The van der Waals surface area contributed by atoms with Gasteiger partial charge in [-0.05, 0) is 36.8 Å². The second-order valence-corrected chi connectivity index (χ2v) is 8.86. The molecular formula is C27H30N4O4. The summed E-state index contributed by atoms with van der Waals surface area (Å²) >= 11 is 0. The van der Waals surface area contributed by atoms with Gasteiger partial charge in [-0.1, -0.05) is 29.8 Å². The third-order valence-corrected chi connectivity index (χ3v) is 6.38. The van der Waals surface area contributed by atoms with E-state index in [1.807, 2.05) is 60.4 Å². The highest BCUT2D eigenvalue weighted by Gasteiger charge is 2.28. The Bertz CT molecular complexity index is 1190. The van der Waals surface area contributed by atoms with Crippen LogP contribution in [0.1, 0.15) is 22.4 Å². The Hall–Kier alpha value is -3.65. The third-order valence-electron chi connectivity index (χ3n) is 6.38. The number of hydrogen-bond donors (Lipinski definition) is 0. The van der Waals surface area contributed by atoms with E-state index in [9.17, 15) is 4.79 Å². The molecule has 0 unspecified atom stereocenters. The Morgan fingerprint density at radius 1 is 1.03 bits per heavy atom. The highest BCUT2D eigenvalue weighted by molar-refractivity contribution is 5.79. The van der Waals surface area contributed by atoms with Gasteiger partial charge in [0.05, 0.1) is 44.5 Å². The summed E-state index contributed by atoms with van der Waals surface area (Å²) in [6.07, 6.45) is 0.969. The van der Waals surface area contributed by atoms with Gasteiger partial charge >= 0.3 is 0 Å². The van der Waals surface area contributed by atoms with Crippen LogP contribution in [-0.2, 0) is 28.9 Å². The van der Waals surface area contributed by atoms with Crippen molar-refractivity contribution in [2.75, 3.05) is 44.9 Å². The van der Waals surface area contributed by atoms with E-state index >= 15 is 0 Å². The molecule has 3 heterocycles. The van der Waals surface area contributed by atoms with Gasteiger partial charge in [-0.3, -0.25) is 4.79 Å². The van der Waals surface area contributed by atoms with Crippen molar-refractivity contribution < 1.29 is 19.0 Å². The SMILES string of the molecule is COc1cccc(CC(=O)N2CCc3nc(N4CCOCC4)nc(Oc4ccc(C)cc4)c3C2)c1. The Kier molecular flexibility index (Phi) is 6.81. The first kappa shape index (κ1) is 23.1. The maximum Gasteiger partial charge on any atom is 0.229 e. The maximum atomic E-state index is 13.2. The van der Waals surface area contributed by atoms with Gasteiger partial charge in [-0.25, -0.2) is 4.98 Å². The molecule has 1 amide bonds. The first-order valence-electron chi connectivity index (χ1n) is 12.0. The van der Waals surface area contributed by atoms with Crippen LogP contribution in [-0.4, -0.2) is 60.7 Å². The summed E-state index contributed by atoms with van der Waals surface area (Å²) in [7, 11) is 1.63. The van der Waals surface area contributed by atoms with E-state index in [0.717, 1.165) is 41.2 Å². The van der Waals surface area contributed by atoms with Gasteiger partial charge in [0, 0.05) is 26.1 Å². The fourth-order valence-corrected chi connectivity index (χ4v) is 4.36. The van der Waals surface area contributed by atoms with Crippen LogP contribution in [0.5, 0.6) is 17.4 Å². The minimum absolute atomic E-state index is 0.0578. The number of amides is 1. The molecule has 0 radical (unpaired) electrons. The number of ether oxygens (including phenoxy) is 3. The lowest BCUT2D eigenvalue weighted by atomic mass is 10.0. The molecule has 0 N–H and O–H groups in total. The summed E-state index contributed by atoms with van der Waals surface area (Å²) in [5, 5.41) is 0. The van der Waals surface area contributed by atoms with Gasteiger partial charge in [0.1, 0.15) is 11.5 Å². The van der Waals surface area contributed by atoms with Crippen molar-refractivity contribution in [1.82, 2.24) is 14.9 Å². The lowest BCUT2D eigenvalue weighted by Crippen LogP contribution is -2.40. The van der Waals surface area contributed by atoms with Crippen LogP contribution in [0.25, 0.3) is 0 Å². The number of hydrogen-bond acceptors (Lipinski definition) is 7. The first-order valence-corrected chi connectivity index (χ1v) is 12.0. The van der Waals surface area contributed by atoms with Gasteiger partial charge in [0.15, 0.2) is 0 Å². The number of anilines is 1. The number of fused-ring (bicyclic) bond motifs is 1. The number of morpholine rings is 1. The Balaban J connectivity index is 1.41. The van der Waals surface area contributed by atoms with Crippen molar-refractivity contribution in [3.63, 3.8) is 0 Å². The molecule has 0 spiro atoms. The largest absolute Gasteiger partial charge is 0.497 e. The van der Waals surface area contributed by atoms with Gasteiger partial charge in [0.2, 0.25) is 17.7 Å². The molecule has 2 aromatic carbocycles. The van der Waals surface area contributed by atoms with E-state index in [2.05, 4.69) is 4.90 Å². The summed E-state index contributed by atoms with van der Waals surface area (Å²) in [5.41, 5.74) is 3.89. The van der Waals surface area contributed by atoms with Crippen molar-refractivity contribution in [2.24, 2.45) is 0 Å². The molecule has 2 aliphatic rings. The molecule has 35 heavy (non-hydrogen) atoms. The van der Waals surface area contributed by atoms with Crippen molar-refractivity contribution in [3.05, 3.63) is 70.9 Å². The summed E-state index contributed by atoms with van der Waals surface area (Å²) < 4.78 is 17.1. The van der Waals surface area contributed by atoms with Crippen molar-refractivity contribution in [1.29, 1.82) is 0 Å². The monoisotopic (exact) mass is 474 g/mol. The van der Waals surface area contributed by atoms with Crippen molar-refractivity contribution in [3.8, 4) is 17.4 Å². The van der Waals surface area contributed by atoms with E-state index in [1.165, 1.54) is 0 Å². The van der Waals surface area contributed by atoms with Crippen LogP contribution in [0.3, 0.4) is 0 Å². The molecule has 3 aromatic rings. The van der Waals surface area contributed by atoms with Crippen LogP contribution in [0.2, 0.25) is 0 Å². The molecule has 1 aromatic heterocycles. The Labute approximate surface area is 205 Å². The minimum Gasteiger partial charge on any atom is -0.497 e. The van der Waals surface area contributed by atoms with Crippen molar-refractivity contribution >= 4 is 11.9 Å². The maximum absolute atomic E-state index is 13.2. The molecule has 1 saturated heterocycles. The van der Waals surface area contributed by atoms with E-state index in [1.54, 1.807) is 7.11 Å². The number of nitrogens with zero attached hydrogens (tertiary/aromatic N) is 4. The molecule has 8 heteroatoms. The lowest BCUT2D eigenvalue weighted by Gasteiger charge is -2.32. The molecule has 1 fully saturated rings. The number of methoxy groups -OCH3 is 1. The first-order chi connectivity index (χ1) is 17.1. The Morgan fingerprint density at radius 2 is 1.83 bits per heavy atom. The predicted octanol–water partition coefficient (Wildman–Crippen LogP) is 3.55. The fraction of sp³-hybridized carbons (Fsp3) is 0.370. The van der Waals surface area contributed by atoms with Gasteiger partial charge in [-0.15, -0.1) is 0 Å². The van der Waals surface area contributed by atoms with E-state index < -0.39 is 0 Å². The average molecular weight is 475 g/mol. The fourth-order valence-electron chi connectivity index (χ4n) is 4.36. The molecule has 0 bridgehead atoms. The summed E-state index contributed by atoms with van der Waals surface area (Å²) in [6, 6.07) is 15.5. The quantitative estimate of drug-likeness (QED) is 0.541. The summed E-state index contributed by atoms with van der Waals surface area (Å²) in [6.45, 7) is 5.87. The predicted molar refractivity (Wildman–Crippen MR) is 132 cm³/mol. The number of carbonyl (C=O) groups is 1. The number of rotatable bonds is 6. The van der Waals surface area contributed by atoms with Crippen LogP contribution in [0.4, 0.5) is 5.95 Å². The standard InChI is InChI=1S/C27H30N4O4/c1-19-6-8-21(9-7-19)35-26-23-18-31(25(32)17-20-4-3-5-22(16-20)33-2)11-10-24(23)28-27(29-26)30-12-14-34-15-13-30/h3-9,16H,10-15,17-18H2,1-2H3. The lowest BCUT2D eigenvalue weighted by molar-refractivity contribution is -0.131. The molecule has 182 valence electrons. The van der Waals surface area contributed by atoms with E-state index in [4.69, 9.17) is 24.2 Å². The van der Waals surface area contributed by atoms with Gasteiger partial charge in [-0.2, -0.15) is 4.98 Å². The van der Waals surface area contributed by atoms with Gasteiger partial charge < -0.3 is 24.0 Å². The molecule has 0 aliphatic carbocycles. The van der Waals surface area contributed by atoms with Crippen molar-refractivity contribution in [2.45, 2.75) is 26.3 Å². The highest BCUT2D eigenvalue weighted by atomic mass is 16.5. The average Bonchev–Trinajstić information content (AvgIpc) is 2.90. The third kappa shape index (κ3) is 5.38. The zero-order valence-corrected chi connectivity index (χ0v) is 20.2. The van der Waals surface area contributed by atoms with E-state index in [0.29, 0.717) is 56.7 Å². The molecule has 8 nitrogen and oxygen atoms in total. The minimum atomic E-state index is 0.0578. The molecule has 2 aliphatic heterocycles. The van der Waals surface area contributed by atoms with Crippen LogP contribution in [0, 0.1) is 6.92 Å². The highest BCUT2D eigenvalue weighted by Crippen LogP contribution is 2.32. The summed E-state index contributed by atoms with van der Waals surface area (Å²) in [5.74, 6) is 2.69.